The molecule has 8 nitrogen and oxygen atoms in total. The Labute approximate surface area is 200 Å². The van der Waals surface area contributed by atoms with Crippen LogP contribution in [0.2, 0.25) is 0 Å². The van der Waals surface area contributed by atoms with Gasteiger partial charge in [0.05, 0.1) is 11.3 Å². The number of amides is 1. The van der Waals surface area contributed by atoms with Crippen LogP contribution in [-0.2, 0) is 9.53 Å². The molecule has 1 N–H and O–H groups in total. The number of nitrogens with one attached hydrogen (secondary N) is 1. The van der Waals surface area contributed by atoms with Crippen molar-refractivity contribution >= 4 is 29.3 Å². The van der Waals surface area contributed by atoms with Crippen LogP contribution in [0.3, 0.4) is 0 Å². The van der Waals surface area contributed by atoms with Crippen LogP contribution in [0.5, 0.6) is 23.0 Å². The van der Waals surface area contributed by atoms with Gasteiger partial charge in [0.1, 0.15) is 13.2 Å². The van der Waals surface area contributed by atoms with E-state index in [-0.39, 0.29) is 25.1 Å². The second-order valence-electron chi connectivity index (χ2n) is 7.50. The highest BCUT2D eigenvalue weighted by Crippen LogP contribution is 2.34. The number of carbonyl (C=O) groups excluding carboxylic acids is 2. The zero-order chi connectivity index (χ0) is 23.3. The first-order valence-electron chi connectivity index (χ1n) is 10.6. The molecule has 2 aliphatic heterocycles. The van der Waals surface area contributed by atoms with Crippen LogP contribution in [-0.4, -0.2) is 43.7 Å². The maximum absolute atomic E-state index is 12.7. The van der Waals surface area contributed by atoms with Crippen molar-refractivity contribution in [2.75, 3.05) is 31.1 Å². The van der Waals surface area contributed by atoms with E-state index in [9.17, 15) is 9.59 Å². The summed E-state index contributed by atoms with van der Waals surface area (Å²) >= 11 is 1.26. The lowest BCUT2D eigenvalue weighted by Gasteiger charge is -2.26. The number of hydrogen-bond acceptors (Lipinski definition) is 8. The average Bonchev–Trinajstić information content (AvgIpc) is 3.34. The molecule has 1 amide bonds. The van der Waals surface area contributed by atoms with Crippen molar-refractivity contribution in [3.63, 3.8) is 0 Å². The van der Waals surface area contributed by atoms with Crippen LogP contribution in [0, 0.1) is 0 Å². The molecule has 0 aromatic heterocycles. The number of benzene rings is 3. The fourth-order valence-electron chi connectivity index (χ4n) is 3.47. The number of thioether (sulfide) groups is 1. The summed E-state index contributed by atoms with van der Waals surface area (Å²) in [4.78, 5) is 25.8. The number of anilines is 1. The third kappa shape index (κ3) is 5.04. The zero-order valence-electron chi connectivity index (χ0n) is 18.0. The van der Waals surface area contributed by atoms with Crippen LogP contribution in [0.15, 0.2) is 71.6 Å². The summed E-state index contributed by atoms with van der Waals surface area (Å²) < 4.78 is 27.6. The molecule has 3 aromatic rings. The summed E-state index contributed by atoms with van der Waals surface area (Å²) in [7, 11) is 0. The molecule has 2 heterocycles. The molecule has 5 rings (SSSR count). The first-order valence-corrected chi connectivity index (χ1v) is 11.6. The Morgan fingerprint density at radius 2 is 1.68 bits per heavy atom. The predicted molar refractivity (Wildman–Crippen MR) is 125 cm³/mol. The second kappa shape index (κ2) is 9.96. The normalized spacial score (nSPS) is 15.5. The Morgan fingerprint density at radius 1 is 0.912 bits per heavy atom. The highest BCUT2D eigenvalue weighted by atomic mass is 32.2. The largest absolute Gasteiger partial charge is 0.486 e. The molecule has 0 radical (unpaired) electrons. The van der Waals surface area contributed by atoms with Gasteiger partial charge in [-0.1, -0.05) is 24.3 Å². The molecule has 2 aliphatic rings. The molecular weight excluding hydrogens is 458 g/mol. The zero-order valence-corrected chi connectivity index (χ0v) is 18.8. The summed E-state index contributed by atoms with van der Waals surface area (Å²) in [5.74, 6) is 1.96. The number of ether oxygens (including phenoxy) is 5. The number of hydrogen-bond donors (Lipinski definition) is 1. The van der Waals surface area contributed by atoms with Gasteiger partial charge in [-0.3, -0.25) is 4.79 Å². The molecule has 0 spiro atoms. The fourth-order valence-corrected chi connectivity index (χ4v) is 4.31. The van der Waals surface area contributed by atoms with Crippen molar-refractivity contribution in [3.8, 4) is 23.0 Å². The van der Waals surface area contributed by atoms with Crippen molar-refractivity contribution in [2.24, 2.45) is 0 Å². The van der Waals surface area contributed by atoms with E-state index in [0.717, 1.165) is 0 Å². The molecule has 1 atom stereocenters. The molecule has 3 aromatic carbocycles. The van der Waals surface area contributed by atoms with Crippen molar-refractivity contribution in [1.82, 2.24) is 0 Å². The number of fused-ring (bicyclic) bond motifs is 2. The molecule has 0 bridgehead atoms. The molecular formula is C25H21NO7S. The lowest BCUT2D eigenvalue weighted by molar-refractivity contribution is -0.113. The summed E-state index contributed by atoms with van der Waals surface area (Å²) in [6.45, 7) is 0.514. The van der Waals surface area contributed by atoms with Gasteiger partial charge in [0, 0.05) is 16.6 Å². The Kier molecular flexibility index (Phi) is 6.44. The van der Waals surface area contributed by atoms with E-state index in [0.29, 0.717) is 45.8 Å². The molecule has 0 saturated heterocycles. The first-order chi connectivity index (χ1) is 16.7. The minimum atomic E-state index is -0.485. The van der Waals surface area contributed by atoms with Crippen molar-refractivity contribution in [3.05, 3.63) is 72.3 Å². The van der Waals surface area contributed by atoms with E-state index < -0.39 is 12.1 Å². The van der Waals surface area contributed by atoms with Crippen LogP contribution in [0.25, 0.3) is 0 Å². The Balaban J connectivity index is 1.15. The minimum absolute atomic E-state index is 0.0523. The lowest BCUT2D eigenvalue weighted by atomic mass is 10.2. The summed E-state index contributed by atoms with van der Waals surface area (Å²) in [5.41, 5.74) is 0.999. The summed E-state index contributed by atoms with van der Waals surface area (Å²) in [6, 6.07) is 19.6. The topological polar surface area (TPSA) is 92.3 Å². The van der Waals surface area contributed by atoms with Crippen LogP contribution < -0.4 is 24.3 Å². The number of para-hydroxylation sites is 2. The van der Waals surface area contributed by atoms with Gasteiger partial charge in [-0.2, -0.15) is 0 Å². The smallest absolute Gasteiger partial charge is 0.339 e. The summed E-state index contributed by atoms with van der Waals surface area (Å²) in [5, 5.41) is 2.82. The van der Waals surface area contributed by atoms with Crippen LogP contribution >= 0.6 is 11.8 Å². The highest BCUT2D eigenvalue weighted by Gasteiger charge is 2.23. The van der Waals surface area contributed by atoms with Gasteiger partial charge >= 0.3 is 5.97 Å². The van der Waals surface area contributed by atoms with Crippen LogP contribution in [0.4, 0.5) is 5.69 Å². The molecule has 174 valence electrons. The van der Waals surface area contributed by atoms with E-state index in [1.54, 1.807) is 36.4 Å². The van der Waals surface area contributed by atoms with Gasteiger partial charge < -0.3 is 29.0 Å². The Hall–Kier alpha value is -3.85. The second-order valence-corrected chi connectivity index (χ2v) is 8.51. The fraction of sp³-hybridized carbons (Fsp3) is 0.200. The molecule has 0 aliphatic carbocycles. The predicted octanol–water partition coefficient (Wildman–Crippen LogP) is 4.14. The van der Waals surface area contributed by atoms with E-state index in [1.165, 1.54) is 11.8 Å². The third-order valence-corrected chi connectivity index (χ3v) is 6.16. The molecule has 0 saturated carbocycles. The SMILES string of the molecule is O=C(CSc1ccccc1C(=O)OCC1COc2ccccc2O1)Nc1ccc2c(c1)OCO2. The van der Waals surface area contributed by atoms with E-state index >= 15 is 0 Å². The molecule has 0 fully saturated rings. The maximum atomic E-state index is 12.7. The highest BCUT2D eigenvalue weighted by molar-refractivity contribution is 8.00. The maximum Gasteiger partial charge on any atom is 0.339 e. The van der Waals surface area contributed by atoms with Gasteiger partial charge in [0.2, 0.25) is 12.7 Å². The Bertz CT molecular complexity index is 1220. The standard InChI is InChI=1S/C25H21NO7S/c27-24(26-16-9-10-20-22(11-16)32-15-31-20)14-34-23-8-4-1-5-18(23)25(28)30-13-17-12-29-19-6-2-3-7-21(19)33-17/h1-11,17H,12-15H2,(H,26,27). The monoisotopic (exact) mass is 479 g/mol. The van der Waals surface area contributed by atoms with Gasteiger partial charge in [0.25, 0.3) is 0 Å². The molecule has 9 heteroatoms. The van der Waals surface area contributed by atoms with Gasteiger partial charge in [0.15, 0.2) is 29.1 Å². The number of rotatable bonds is 7. The minimum Gasteiger partial charge on any atom is -0.486 e. The number of carbonyl (C=O) groups is 2. The van der Waals surface area contributed by atoms with Crippen LogP contribution in [0.1, 0.15) is 10.4 Å². The lowest BCUT2D eigenvalue weighted by Crippen LogP contribution is -2.34. The third-order valence-electron chi connectivity index (χ3n) is 5.09. The summed E-state index contributed by atoms with van der Waals surface area (Å²) in [6.07, 6.45) is -0.397. The van der Waals surface area contributed by atoms with Gasteiger partial charge in [-0.15, -0.1) is 11.8 Å². The van der Waals surface area contributed by atoms with Crippen molar-refractivity contribution in [2.45, 2.75) is 11.0 Å². The Morgan fingerprint density at radius 3 is 2.59 bits per heavy atom. The van der Waals surface area contributed by atoms with E-state index in [1.807, 2.05) is 30.3 Å². The average molecular weight is 480 g/mol. The van der Waals surface area contributed by atoms with Gasteiger partial charge in [-0.25, -0.2) is 4.79 Å². The molecule has 34 heavy (non-hydrogen) atoms. The van der Waals surface area contributed by atoms with E-state index in [2.05, 4.69) is 5.32 Å². The first kappa shape index (κ1) is 22.0. The van der Waals surface area contributed by atoms with Gasteiger partial charge in [-0.05, 0) is 36.4 Å². The van der Waals surface area contributed by atoms with Crippen molar-refractivity contribution in [1.29, 1.82) is 0 Å². The quantitative estimate of drug-likeness (QED) is 0.399. The van der Waals surface area contributed by atoms with Crippen molar-refractivity contribution < 1.29 is 33.3 Å². The molecule has 1 unspecified atom stereocenters. The van der Waals surface area contributed by atoms with E-state index in [4.69, 9.17) is 23.7 Å². The number of esters is 1.